The van der Waals surface area contributed by atoms with Gasteiger partial charge in [-0.2, -0.15) is 0 Å². The van der Waals surface area contributed by atoms with Crippen molar-refractivity contribution in [1.29, 1.82) is 0 Å². The highest BCUT2D eigenvalue weighted by molar-refractivity contribution is 7.89. The van der Waals surface area contributed by atoms with Crippen LogP contribution < -0.4 is 10.5 Å². The lowest BCUT2D eigenvalue weighted by Crippen LogP contribution is -2.43. The summed E-state index contributed by atoms with van der Waals surface area (Å²) < 4.78 is 23.3. The number of nitrogens with one attached hydrogen (secondary N) is 1. The fourth-order valence-corrected chi connectivity index (χ4v) is 5.51. The second-order valence-corrected chi connectivity index (χ2v) is 11.2. The first-order chi connectivity index (χ1) is 17.9. The van der Waals surface area contributed by atoms with Gasteiger partial charge in [0, 0.05) is 6.54 Å². The number of rotatable bonds is 8. The monoisotopic (exact) mass is 537 g/mol. The Hall–Kier alpha value is -3.73. The number of hydrogen-bond donors (Lipinski definition) is 4. The van der Waals surface area contributed by atoms with Crippen molar-refractivity contribution in [3.63, 3.8) is 0 Å². The fourth-order valence-electron chi connectivity index (χ4n) is 4.91. The molecule has 10 heteroatoms. The largest absolute Gasteiger partial charge is 0.507 e. The maximum Gasteiger partial charge on any atom is 0.339 e. The standard InChI is InChI=1S/C28H31N3O6S/c1-17-13-22(38(29,36)37)9-11-23(17)21-6-3-5-19(14-21)16-31-12-4-7-25(31)27(33)30-18(2)20-8-10-24(28(34)35)26(32)15-20/h3,5-6,8-11,13-15,18,25,32H,4,7,12,16H2,1-2H3,(H,30,33)(H,34,35)(H2,29,36,37)/t18-,25+/m0/s1. The number of benzene rings is 3. The molecule has 5 N–H and O–H groups in total. The Bertz CT molecular complexity index is 1490. The van der Waals surface area contributed by atoms with Crippen LogP contribution in [-0.2, 0) is 21.4 Å². The molecular formula is C28H31N3O6S. The topological polar surface area (TPSA) is 150 Å². The quantitative estimate of drug-likeness (QED) is 0.343. The number of phenols is 1. The van der Waals surface area contributed by atoms with Crippen molar-refractivity contribution in [2.75, 3.05) is 6.54 Å². The van der Waals surface area contributed by atoms with Gasteiger partial charge in [-0.1, -0.05) is 30.3 Å². The lowest BCUT2D eigenvalue weighted by Gasteiger charge is -2.26. The first kappa shape index (κ1) is 27.3. The van der Waals surface area contributed by atoms with Gasteiger partial charge >= 0.3 is 5.97 Å². The maximum atomic E-state index is 13.2. The van der Waals surface area contributed by atoms with Crippen LogP contribution in [-0.4, -0.2) is 48.0 Å². The number of nitrogens with two attached hydrogens (primary N) is 1. The molecule has 3 aromatic carbocycles. The van der Waals surface area contributed by atoms with Gasteiger partial charge in [-0.15, -0.1) is 0 Å². The van der Waals surface area contributed by atoms with E-state index in [1.54, 1.807) is 25.1 Å². The normalized spacial score (nSPS) is 16.8. The van der Waals surface area contributed by atoms with E-state index >= 15 is 0 Å². The molecule has 1 aliphatic heterocycles. The predicted molar refractivity (Wildman–Crippen MR) is 143 cm³/mol. The van der Waals surface area contributed by atoms with E-state index in [0.29, 0.717) is 12.1 Å². The summed E-state index contributed by atoms with van der Waals surface area (Å²) in [6.07, 6.45) is 1.60. The van der Waals surface area contributed by atoms with Gasteiger partial charge in [0.25, 0.3) is 0 Å². The molecule has 1 aliphatic rings. The summed E-state index contributed by atoms with van der Waals surface area (Å²) in [7, 11) is -3.78. The molecule has 0 spiro atoms. The fraction of sp³-hybridized carbons (Fsp3) is 0.286. The van der Waals surface area contributed by atoms with Crippen molar-refractivity contribution in [2.24, 2.45) is 5.14 Å². The van der Waals surface area contributed by atoms with E-state index in [1.165, 1.54) is 18.2 Å². The molecule has 9 nitrogen and oxygen atoms in total. The Morgan fingerprint density at radius 1 is 1.13 bits per heavy atom. The zero-order valence-electron chi connectivity index (χ0n) is 21.2. The maximum absolute atomic E-state index is 13.2. The molecule has 38 heavy (non-hydrogen) atoms. The van der Waals surface area contributed by atoms with Gasteiger partial charge < -0.3 is 15.5 Å². The Morgan fingerprint density at radius 2 is 1.89 bits per heavy atom. The van der Waals surface area contributed by atoms with Crippen molar-refractivity contribution < 1.29 is 28.2 Å². The van der Waals surface area contributed by atoms with E-state index in [2.05, 4.69) is 10.2 Å². The number of primary sulfonamides is 1. The number of nitrogens with zero attached hydrogens (tertiary/aromatic N) is 1. The van der Waals surface area contributed by atoms with Crippen LogP contribution in [0.3, 0.4) is 0 Å². The van der Waals surface area contributed by atoms with E-state index in [1.807, 2.05) is 31.2 Å². The van der Waals surface area contributed by atoms with Crippen LogP contribution in [0.15, 0.2) is 65.6 Å². The molecule has 1 fully saturated rings. The number of carboxylic acids is 1. The molecular weight excluding hydrogens is 506 g/mol. The van der Waals surface area contributed by atoms with E-state index in [9.17, 15) is 23.1 Å². The van der Waals surface area contributed by atoms with Crippen LogP contribution in [0.25, 0.3) is 11.1 Å². The van der Waals surface area contributed by atoms with Crippen molar-refractivity contribution in [3.05, 3.63) is 82.9 Å². The molecule has 200 valence electrons. The van der Waals surface area contributed by atoms with E-state index < -0.39 is 22.0 Å². The smallest absolute Gasteiger partial charge is 0.339 e. The van der Waals surface area contributed by atoms with Gasteiger partial charge in [-0.05, 0) is 91.4 Å². The summed E-state index contributed by atoms with van der Waals surface area (Å²) >= 11 is 0. The molecule has 0 saturated carbocycles. The molecule has 0 radical (unpaired) electrons. The number of carbonyl (C=O) groups excluding carboxylic acids is 1. The molecule has 0 bridgehead atoms. The summed E-state index contributed by atoms with van der Waals surface area (Å²) in [6, 6.07) is 16.3. The summed E-state index contributed by atoms with van der Waals surface area (Å²) in [6.45, 7) is 4.97. The van der Waals surface area contributed by atoms with Crippen LogP contribution in [0.2, 0.25) is 0 Å². The molecule has 1 heterocycles. The van der Waals surface area contributed by atoms with E-state index in [4.69, 9.17) is 10.2 Å². The van der Waals surface area contributed by atoms with Crippen molar-refractivity contribution in [1.82, 2.24) is 10.2 Å². The summed E-state index contributed by atoms with van der Waals surface area (Å²) in [5.74, 6) is -1.68. The Kier molecular flexibility index (Phi) is 7.86. The highest BCUT2D eigenvalue weighted by atomic mass is 32.2. The second-order valence-electron chi connectivity index (χ2n) is 9.66. The summed E-state index contributed by atoms with van der Waals surface area (Å²) in [5.41, 5.74) is 4.09. The zero-order chi connectivity index (χ0) is 27.6. The molecule has 3 aromatic rings. The third kappa shape index (κ3) is 6.04. The SMILES string of the molecule is Cc1cc(S(N)(=O)=O)ccc1-c1cccc(CN2CCC[C@@H]2C(=O)N[C@@H](C)c2ccc(C(=O)O)c(O)c2)c1. The molecule has 1 saturated heterocycles. The number of aromatic hydroxyl groups is 1. The highest BCUT2D eigenvalue weighted by Gasteiger charge is 2.31. The van der Waals surface area contributed by atoms with Gasteiger partial charge in [0.05, 0.1) is 17.0 Å². The minimum atomic E-state index is -3.78. The highest BCUT2D eigenvalue weighted by Crippen LogP contribution is 2.28. The number of likely N-dealkylation sites (tertiary alicyclic amines) is 1. The van der Waals surface area contributed by atoms with Crippen LogP contribution in [0.5, 0.6) is 5.75 Å². The Morgan fingerprint density at radius 3 is 2.55 bits per heavy atom. The zero-order valence-corrected chi connectivity index (χ0v) is 22.0. The number of hydrogen-bond acceptors (Lipinski definition) is 6. The van der Waals surface area contributed by atoms with Gasteiger partial charge in [0.15, 0.2) is 0 Å². The predicted octanol–water partition coefficient (Wildman–Crippen LogP) is 3.56. The number of carbonyl (C=O) groups is 2. The molecule has 1 amide bonds. The lowest BCUT2D eigenvalue weighted by molar-refractivity contribution is -0.126. The summed E-state index contributed by atoms with van der Waals surface area (Å²) in [5, 5.41) is 27.4. The van der Waals surface area contributed by atoms with E-state index in [0.717, 1.165) is 41.6 Å². The van der Waals surface area contributed by atoms with Gasteiger partial charge in [0.2, 0.25) is 15.9 Å². The average molecular weight is 538 g/mol. The van der Waals surface area contributed by atoms with Crippen molar-refractivity contribution in [2.45, 2.75) is 50.2 Å². The molecule has 2 atom stereocenters. The van der Waals surface area contributed by atoms with E-state index in [-0.39, 0.29) is 28.2 Å². The molecule has 0 aromatic heterocycles. The third-order valence-electron chi connectivity index (χ3n) is 6.93. The van der Waals surface area contributed by atoms with Crippen LogP contribution in [0, 0.1) is 6.92 Å². The van der Waals surface area contributed by atoms with Crippen LogP contribution in [0.1, 0.15) is 52.9 Å². The van der Waals surface area contributed by atoms with Crippen molar-refractivity contribution >= 4 is 21.9 Å². The first-order valence-corrected chi connectivity index (χ1v) is 13.8. The number of aryl methyl sites for hydroxylation is 1. The van der Waals surface area contributed by atoms with Gasteiger partial charge in [0.1, 0.15) is 11.3 Å². The number of sulfonamides is 1. The average Bonchev–Trinajstić information content (AvgIpc) is 3.31. The lowest BCUT2D eigenvalue weighted by atomic mass is 9.98. The first-order valence-electron chi connectivity index (χ1n) is 12.3. The Labute approximate surface area is 222 Å². The number of aromatic carboxylic acids is 1. The Balaban J connectivity index is 1.46. The second kappa shape index (κ2) is 10.9. The molecule has 0 aliphatic carbocycles. The van der Waals surface area contributed by atoms with Crippen LogP contribution in [0.4, 0.5) is 0 Å². The summed E-state index contributed by atoms with van der Waals surface area (Å²) in [4.78, 5) is 26.5. The third-order valence-corrected chi connectivity index (χ3v) is 7.84. The van der Waals surface area contributed by atoms with Gasteiger partial charge in [-0.3, -0.25) is 9.69 Å². The molecule has 0 unspecified atom stereocenters. The van der Waals surface area contributed by atoms with Crippen LogP contribution >= 0.6 is 0 Å². The molecule has 4 rings (SSSR count). The number of amides is 1. The van der Waals surface area contributed by atoms with Gasteiger partial charge in [-0.25, -0.2) is 18.4 Å². The minimum absolute atomic E-state index is 0.0723. The van der Waals surface area contributed by atoms with Crippen molar-refractivity contribution in [3.8, 4) is 16.9 Å². The number of carboxylic acid groups (broad SMARTS) is 1. The minimum Gasteiger partial charge on any atom is -0.507 e.